The zero-order valence-electron chi connectivity index (χ0n) is 15.1. The number of hydrogen-bond donors (Lipinski definition) is 0. The zero-order chi connectivity index (χ0) is 20.3. The van der Waals surface area contributed by atoms with Crippen LogP contribution in [0.1, 0.15) is 45.0 Å². The van der Waals surface area contributed by atoms with Crippen LogP contribution in [0.4, 0.5) is 26.7 Å². The standard InChI is InChI=1S/C17H20F5N3O2/c1-14(2,3)27-13(26)25-8-15(9-25)4-10(5-15)16(18,19)12-23-6-11(7-24-12)17(20,21)22/h6-7,10H,4-5,8-9H2,1-3H3. The van der Waals surface area contributed by atoms with Gasteiger partial charge in [0.2, 0.25) is 0 Å². The Morgan fingerprint density at radius 2 is 1.63 bits per heavy atom. The monoisotopic (exact) mass is 393 g/mol. The third kappa shape index (κ3) is 3.84. The Morgan fingerprint density at radius 1 is 1.11 bits per heavy atom. The molecule has 5 nitrogen and oxygen atoms in total. The predicted octanol–water partition coefficient (Wildman–Crippen LogP) is 4.23. The van der Waals surface area contributed by atoms with Gasteiger partial charge >= 0.3 is 18.2 Å². The van der Waals surface area contributed by atoms with Crippen molar-refractivity contribution >= 4 is 6.09 Å². The van der Waals surface area contributed by atoms with E-state index in [0.29, 0.717) is 25.5 Å². The maximum absolute atomic E-state index is 14.5. The molecule has 1 aromatic rings. The van der Waals surface area contributed by atoms with Gasteiger partial charge in [0.05, 0.1) is 5.56 Å². The topological polar surface area (TPSA) is 55.3 Å². The van der Waals surface area contributed by atoms with Gasteiger partial charge in [-0.2, -0.15) is 22.0 Å². The summed E-state index contributed by atoms with van der Waals surface area (Å²) in [5.74, 6) is -5.38. The molecule has 0 atom stereocenters. The van der Waals surface area contributed by atoms with Crippen molar-refractivity contribution in [3.63, 3.8) is 0 Å². The fourth-order valence-corrected chi connectivity index (χ4v) is 3.55. The van der Waals surface area contributed by atoms with E-state index in [-0.39, 0.29) is 18.3 Å². The summed E-state index contributed by atoms with van der Waals surface area (Å²) < 4.78 is 71.7. The molecule has 0 unspecified atom stereocenters. The van der Waals surface area contributed by atoms with Crippen LogP contribution < -0.4 is 0 Å². The van der Waals surface area contributed by atoms with Gasteiger partial charge in [0.1, 0.15) is 5.60 Å². The number of alkyl halides is 5. The van der Waals surface area contributed by atoms with Crippen LogP contribution in [0.3, 0.4) is 0 Å². The molecular weight excluding hydrogens is 373 g/mol. The number of aromatic nitrogens is 2. The first kappa shape index (κ1) is 19.8. The van der Waals surface area contributed by atoms with Crippen LogP contribution in [0.25, 0.3) is 0 Å². The number of amides is 1. The van der Waals surface area contributed by atoms with Gasteiger partial charge in [0.15, 0.2) is 5.82 Å². The summed E-state index contributed by atoms with van der Waals surface area (Å²) in [5, 5.41) is 0. The lowest BCUT2D eigenvalue weighted by molar-refractivity contribution is -0.185. The molecular formula is C17H20F5N3O2. The lowest BCUT2D eigenvalue weighted by atomic mass is 9.56. The van der Waals surface area contributed by atoms with Gasteiger partial charge in [-0.3, -0.25) is 0 Å². The second-order valence-corrected chi connectivity index (χ2v) is 8.36. The Balaban J connectivity index is 1.57. The van der Waals surface area contributed by atoms with Crippen molar-refractivity contribution in [2.45, 2.75) is 51.3 Å². The predicted molar refractivity (Wildman–Crippen MR) is 83.9 cm³/mol. The van der Waals surface area contributed by atoms with E-state index in [1.807, 2.05) is 0 Å². The fourth-order valence-electron chi connectivity index (χ4n) is 3.55. The first-order valence-corrected chi connectivity index (χ1v) is 8.47. The van der Waals surface area contributed by atoms with E-state index in [9.17, 15) is 26.7 Å². The highest BCUT2D eigenvalue weighted by Crippen LogP contribution is 2.58. The summed E-state index contributed by atoms with van der Waals surface area (Å²) in [6.45, 7) is 5.89. The van der Waals surface area contributed by atoms with Crippen LogP contribution >= 0.6 is 0 Å². The molecule has 1 saturated heterocycles. The molecule has 1 spiro atoms. The highest BCUT2D eigenvalue weighted by Gasteiger charge is 2.62. The number of ether oxygens (including phenoxy) is 1. The summed E-state index contributed by atoms with van der Waals surface area (Å²) in [7, 11) is 0. The molecule has 27 heavy (non-hydrogen) atoms. The van der Waals surface area contributed by atoms with Gasteiger partial charge in [0, 0.05) is 36.8 Å². The van der Waals surface area contributed by atoms with Crippen LogP contribution in [0, 0.1) is 11.3 Å². The van der Waals surface area contributed by atoms with E-state index >= 15 is 0 Å². The van der Waals surface area contributed by atoms with Crippen LogP contribution in [-0.2, 0) is 16.8 Å². The highest BCUT2D eigenvalue weighted by atomic mass is 19.4. The minimum absolute atomic E-state index is 0.156. The maximum atomic E-state index is 14.5. The van der Waals surface area contributed by atoms with Crippen molar-refractivity contribution in [3.05, 3.63) is 23.8 Å². The van der Waals surface area contributed by atoms with Crippen molar-refractivity contribution in [2.75, 3.05) is 13.1 Å². The molecule has 1 aromatic heterocycles. The first-order valence-electron chi connectivity index (χ1n) is 8.47. The van der Waals surface area contributed by atoms with Crippen molar-refractivity contribution in [3.8, 4) is 0 Å². The van der Waals surface area contributed by atoms with Gasteiger partial charge in [-0.05, 0) is 33.6 Å². The Hall–Kier alpha value is -2.00. The van der Waals surface area contributed by atoms with E-state index in [1.54, 1.807) is 20.8 Å². The van der Waals surface area contributed by atoms with Gasteiger partial charge in [0.25, 0.3) is 0 Å². The smallest absolute Gasteiger partial charge is 0.419 e. The first-order chi connectivity index (χ1) is 12.2. The van der Waals surface area contributed by atoms with Crippen LogP contribution in [0.15, 0.2) is 12.4 Å². The van der Waals surface area contributed by atoms with Gasteiger partial charge in [-0.1, -0.05) is 0 Å². The Morgan fingerprint density at radius 3 is 2.07 bits per heavy atom. The Kier molecular flexibility index (Phi) is 4.39. The third-order valence-corrected chi connectivity index (χ3v) is 4.85. The summed E-state index contributed by atoms with van der Waals surface area (Å²) in [6, 6.07) is 0. The zero-order valence-corrected chi connectivity index (χ0v) is 15.1. The number of rotatable bonds is 2. The van der Waals surface area contributed by atoms with Crippen LogP contribution in [0.2, 0.25) is 0 Å². The number of likely N-dealkylation sites (tertiary alicyclic amines) is 1. The maximum Gasteiger partial charge on any atom is 0.419 e. The average Bonchev–Trinajstić information content (AvgIpc) is 2.41. The van der Waals surface area contributed by atoms with E-state index in [0.717, 1.165) is 0 Å². The van der Waals surface area contributed by atoms with Crippen LogP contribution in [-0.4, -0.2) is 39.7 Å². The molecule has 1 aliphatic carbocycles. The fraction of sp³-hybridized carbons (Fsp3) is 0.706. The van der Waals surface area contributed by atoms with Crippen molar-refractivity contribution in [1.29, 1.82) is 0 Å². The van der Waals surface area contributed by atoms with Gasteiger partial charge in [-0.25, -0.2) is 14.8 Å². The molecule has 0 bridgehead atoms. The molecule has 3 rings (SSSR count). The van der Waals surface area contributed by atoms with Crippen molar-refractivity contribution in [1.82, 2.24) is 14.9 Å². The second-order valence-electron chi connectivity index (χ2n) is 8.36. The highest BCUT2D eigenvalue weighted by molar-refractivity contribution is 5.69. The van der Waals surface area contributed by atoms with Gasteiger partial charge in [-0.15, -0.1) is 0 Å². The summed E-state index contributed by atoms with van der Waals surface area (Å²) in [6.07, 6.45) is -4.09. The molecule has 1 saturated carbocycles. The normalized spacial score (nSPS) is 20.2. The molecule has 150 valence electrons. The number of halogens is 5. The second kappa shape index (κ2) is 6.00. The Labute approximate surface area is 152 Å². The quantitative estimate of drug-likeness (QED) is 0.706. The largest absolute Gasteiger partial charge is 0.444 e. The molecule has 0 radical (unpaired) electrons. The van der Waals surface area contributed by atoms with Crippen molar-refractivity contribution in [2.24, 2.45) is 11.3 Å². The molecule has 2 aliphatic rings. The van der Waals surface area contributed by atoms with E-state index < -0.39 is 41.1 Å². The molecule has 0 aromatic carbocycles. The summed E-state index contributed by atoms with van der Waals surface area (Å²) >= 11 is 0. The number of carbonyl (C=O) groups is 1. The molecule has 1 amide bonds. The number of hydrogen-bond acceptors (Lipinski definition) is 4. The van der Waals surface area contributed by atoms with E-state index in [2.05, 4.69) is 9.97 Å². The minimum Gasteiger partial charge on any atom is -0.444 e. The van der Waals surface area contributed by atoms with Crippen LogP contribution in [0.5, 0.6) is 0 Å². The van der Waals surface area contributed by atoms with E-state index in [1.165, 1.54) is 4.90 Å². The van der Waals surface area contributed by atoms with E-state index in [4.69, 9.17) is 4.74 Å². The number of carbonyl (C=O) groups excluding carboxylic acids is 1. The molecule has 2 fully saturated rings. The molecule has 0 N–H and O–H groups in total. The third-order valence-electron chi connectivity index (χ3n) is 4.85. The summed E-state index contributed by atoms with van der Waals surface area (Å²) in [5.41, 5.74) is -2.18. The lowest BCUT2D eigenvalue weighted by Gasteiger charge is -2.59. The summed E-state index contributed by atoms with van der Waals surface area (Å²) in [4.78, 5) is 19.9. The minimum atomic E-state index is -4.68. The van der Waals surface area contributed by atoms with Crippen molar-refractivity contribution < 1.29 is 31.5 Å². The molecule has 2 heterocycles. The lowest BCUT2D eigenvalue weighted by Crippen LogP contribution is -2.65. The number of nitrogens with zero attached hydrogens (tertiary/aromatic N) is 3. The SMILES string of the molecule is CC(C)(C)OC(=O)N1CC2(CC(C(F)(F)c3ncc(C(F)(F)F)cn3)C2)C1. The molecule has 1 aliphatic heterocycles. The van der Waals surface area contributed by atoms with Gasteiger partial charge < -0.3 is 9.64 Å². The molecule has 10 heteroatoms. The Bertz CT molecular complexity index is 714. The average molecular weight is 393 g/mol.